The van der Waals surface area contributed by atoms with Crippen molar-refractivity contribution in [3.05, 3.63) is 47.7 Å². The van der Waals surface area contributed by atoms with E-state index in [1.807, 2.05) is 5.32 Å². The Bertz CT molecular complexity index is 541. The molecule has 0 saturated heterocycles. The lowest BCUT2D eigenvalue weighted by atomic mass is 10.2. The summed E-state index contributed by atoms with van der Waals surface area (Å²) in [5.41, 5.74) is 0.0397. The Morgan fingerprint density at radius 3 is 2.41 bits per heavy atom. The van der Waals surface area contributed by atoms with E-state index in [-0.39, 0.29) is 6.61 Å². The first-order valence-electron chi connectivity index (χ1n) is 6.26. The highest BCUT2D eigenvalue weighted by atomic mass is 19.4. The third kappa shape index (κ3) is 7.32. The summed E-state index contributed by atoms with van der Waals surface area (Å²) in [6.07, 6.45) is -6.38. The first-order valence-corrected chi connectivity index (χ1v) is 6.26. The maximum atomic E-state index is 12.0. The number of alkyl carbamates (subject to hydrolysis) is 1. The first-order chi connectivity index (χ1) is 10.3. The average molecular weight is 317 g/mol. The van der Waals surface area contributed by atoms with Gasteiger partial charge in [0.1, 0.15) is 12.3 Å². The summed E-state index contributed by atoms with van der Waals surface area (Å²) in [6, 6.07) is 8.64. The van der Waals surface area contributed by atoms with E-state index in [1.54, 1.807) is 30.3 Å². The van der Waals surface area contributed by atoms with E-state index in [4.69, 9.17) is 9.84 Å². The van der Waals surface area contributed by atoms with E-state index in [2.05, 4.69) is 0 Å². The van der Waals surface area contributed by atoms with Gasteiger partial charge in [-0.2, -0.15) is 13.2 Å². The van der Waals surface area contributed by atoms with Gasteiger partial charge >= 0.3 is 18.2 Å². The van der Waals surface area contributed by atoms with Crippen LogP contribution in [0.1, 0.15) is 18.4 Å². The van der Waals surface area contributed by atoms with Gasteiger partial charge in [-0.25, -0.2) is 9.59 Å². The Kier molecular flexibility index (Phi) is 6.43. The van der Waals surface area contributed by atoms with Crippen LogP contribution in [0.15, 0.2) is 42.1 Å². The molecule has 0 saturated carbocycles. The lowest BCUT2D eigenvalue weighted by molar-refractivity contribution is -0.135. The van der Waals surface area contributed by atoms with Crippen molar-refractivity contribution < 1.29 is 32.6 Å². The van der Waals surface area contributed by atoms with Crippen LogP contribution >= 0.6 is 0 Å². The minimum atomic E-state index is -4.39. The van der Waals surface area contributed by atoms with Crippen molar-refractivity contribution in [2.75, 3.05) is 0 Å². The van der Waals surface area contributed by atoms with Gasteiger partial charge in [0.25, 0.3) is 0 Å². The van der Waals surface area contributed by atoms with Crippen molar-refractivity contribution in [3.8, 4) is 0 Å². The van der Waals surface area contributed by atoms with Crippen molar-refractivity contribution in [2.45, 2.75) is 25.6 Å². The molecule has 22 heavy (non-hydrogen) atoms. The molecule has 0 aliphatic rings. The molecule has 0 atom stereocenters. The van der Waals surface area contributed by atoms with Crippen LogP contribution in [0.3, 0.4) is 0 Å². The van der Waals surface area contributed by atoms with Crippen LogP contribution in [0.2, 0.25) is 0 Å². The average Bonchev–Trinajstić information content (AvgIpc) is 2.43. The van der Waals surface area contributed by atoms with Crippen LogP contribution in [0, 0.1) is 0 Å². The Hall–Kier alpha value is -2.51. The minimum Gasteiger partial charge on any atom is -0.477 e. The van der Waals surface area contributed by atoms with Crippen molar-refractivity contribution in [2.24, 2.45) is 0 Å². The molecule has 1 amide bonds. The molecule has 1 aromatic rings. The molecule has 1 rings (SSSR count). The minimum absolute atomic E-state index is 0.0812. The standard InChI is InChI=1S/C14H14F3NO4/c15-14(16,17)8-4-7-11(12(19)20)18-13(21)22-9-10-5-2-1-3-6-10/h1-3,5-7H,4,8-9H2,(H,18,21)(H,19,20)/b11-7+. The fraction of sp³-hybridized carbons (Fsp3) is 0.286. The van der Waals surface area contributed by atoms with Gasteiger partial charge in [0.15, 0.2) is 0 Å². The highest BCUT2D eigenvalue weighted by molar-refractivity contribution is 5.90. The molecule has 5 nitrogen and oxygen atoms in total. The molecule has 0 unspecified atom stereocenters. The molecule has 0 spiro atoms. The predicted octanol–water partition coefficient (Wildman–Crippen LogP) is 3.22. The van der Waals surface area contributed by atoms with E-state index in [0.717, 1.165) is 6.08 Å². The number of benzene rings is 1. The van der Waals surface area contributed by atoms with Crippen LogP contribution in [0.5, 0.6) is 0 Å². The molecule has 0 fully saturated rings. The van der Waals surface area contributed by atoms with E-state index >= 15 is 0 Å². The SMILES string of the molecule is O=C(N/C(=C/CCC(F)(F)F)C(=O)O)OCc1ccccc1. The first kappa shape index (κ1) is 17.5. The van der Waals surface area contributed by atoms with Crippen LogP contribution in [-0.2, 0) is 16.1 Å². The summed E-state index contributed by atoms with van der Waals surface area (Å²) in [6.45, 7) is -0.0812. The van der Waals surface area contributed by atoms with E-state index in [9.17, 15) is 22.8 Å². The summed E-state index contributed by atoms with van der Waals surface area (Å²) >= 11 is 0. The second kappa shape index (κ2) is 8.06. The normalized spacial score (nSPS) is 11.9. The number of alkyl halides is 3. The summed E-state index contributed by atoms with van der Waals surface area (Å²) in [4.78, 5) is 22.3. The Morgan fingerprint density at radius 1 is 1.23 bits per heavy atom. The van der Waals surface area contributed by atoms with Gasteiger partial charge in [0.05, 0.1) is 0 Å². The van der Waals surface area contributed by atoms with Crippen molar-refractivity contribution in [1.82, 2.24) is 5.32 Å². The number of amides is 1. The zero-order chi connectivity index (χ0) is 16.6. The lowest BCUT2D eigenvalue weighted by Gasteiger charge is -2.08. The number of aliphatic carboxylic acids is 1. The van der Waals surface area contributed by atoms with Gasteiger partial charge in [-0.1, -0.05) is 36.4 Å². The Labute approximate surface area is 124 Å². The highest BCUT2D eigenvalue weighted by Gasteiger charge is 2.26. The maximum Gasteiger partial charge on any atom is 0.412 e. The number of carboxylic acid groups (broad SMARTS) is 1. The van der Waals surface area contributed by atoms with Gasteiger partial charge in [0.2, 0.25) is 0 Å². The second-order valence-electron chi connectivity index (χ2n) is 4.26. The lowest BCUT2D eigenvalue weighted by Crippen LogP contribution is -2.28. The number of carbonyl (C=O) groups is 2. The van der Waals surface area contributed by atoms with Crippen LogP contribution < -0.4 is 5.32 Å². The van der Waals surface area contributed by atoms with Crippen molar-refractivity contribution in [1.29, 1.82) is 0 Å². The third-order valence-electron chi connectivity index (χ3n) is 2.46. The quantitative estimate of drug-likeness (QED) is 0.790. The summed E-state index contributed by atoms with van der Waals surface area (Å²) in [5, 5.41) is 10.7. The zero-order valence-corrected chi connectivity index (χ0v) is 11.4. The Morgan fingerprint density at radius 2 is 1.86 bits per heavy atom. The maximum absolute atomic E-state index is 12.0. The number of halogens is 3. The molecule has 0 radical (unpaired) electrons. The van der Waals surface area contributed by atoms with Crippen LogP contribution in [0.25, 0.3) is 0 Å². The number of hydrogen-bond acceptors (Lipinski definition) is 3. The van der Waals surface area contributed by atoms with Gasteiger partial charge in [-0.15, -0.1) is 0 Å². The number of nitrogens with one attached hydrogen (secondary N) is 1. The molecule has 1 aromatic carbocycles. The number of carboxylic acids is 1. The molecule has 2 N–H and O–H groups in total. The molecule has 0 heterocycles. The highest BCUT2D eigenvalue weighted by Crippen LogP contribution is 2.21. The number of rotatable bonds is 6. The number of allylic oxidation sites excluding steroid dienone is 1. The fourth-order valence-corrected chi connectivity index (χ4v) is 1.44. The fourth-order valence-electron chi connectivity index (χ4n) is 1.44. The smallest absolute Gasteiger partial charge is 0.412 e. The number of hydrogen-bond donors (Lipinski definition) is 2. The van der Waals surface area contributed by atoms with E-state index in [1.165, 1.54) is 0 Å². The molecule has 0 aromatic heterocycles. The second-order valence-corrected chi connectivity index (χ2v) is 4.26. The van der Waals surface area contributed by atoms with Gasteiger partial charge in [-0.05, 0) is 12.0 Å². The molecular formula is C14H14F3NO4. The Balaban J connectivity index is 2.50. The largest absolute Gasteiger partial charge is 0.477 e. The summed E-state index contributed by atoms with van der Waals surface area (Å²) in [7, 11) is 0. The van der Waals surface area contributed by atoms with Crippen molar-refractivity contribution in [3.63, 3.8) is 0 Å². The summed E-state index contributed by atoms with van der Waals surface area (Å²) in [5.74, 6) is -1.54. The predicted molar refractivity (Wildman–Crippen MR) is 70.8 cm³/mol. The topological polar surface area (TPSA) is 75.6 Å². The van der Waals surface area contributed by atoms with Crippen LogP contribution in [0.4, 0.5) is 18.0 Å². The van der Waals surface area contributed by atoms with Gasteiger partial charge in [-0.3, -0.25) is 5.32 Å². The molecular weight excluding hydrogens is 303 g/mol. The zero-order valence-electron chi connectivity index (χ0n) is 11.4. The summed E-state index contributed by atoms with van der Waals surface area (Å²) < 4.78 is 40.7. The van der Waals surface area contributed by atoms with Crippen LogP contribution in [-0.4, -0.2) is 23.3 Å². The van der Waals surface area contributed by atoms with Gasteiger partial charge in [0, 0.05) is 6.42 Å². The van der Waals surface area contributed by atoms with E-state index < -0.39 is 36.8 Å². The number of carbonyl (C=O) groups excluding carboxylic acids is 1. The molecule has 8 heteroatoms. The van der Waals surface area contributed by atoms with Gasteiger partial charge < -0.3 is 9.84 Å². The molecule has 0 aliphatic heterocycles. The van der Waals surface area contributed by atoms with E-state index in [0.29, 0.717) is 5.56 Å². The molecule has 120 valence electrons. The number of ether oxygens (including phenoxy) is 1. The molecule has 0 aliphatic carbocycles. The molecule has 0 bridgehead atoms. The van der Waals surface area contributed by atoms with Crippen molar-refractivity contribution >= 4 is 12.1 Å². The third-order valence-corrected chi connectivity index (χ3v) is 2.46. The monoisotopic (exact) mass is 317 g/mol.